The van der Waals surface area contributed by atoms with Gasteiger partial charge >= 0.3 is 0 Å². The molecule has 0 radical (unpaired) electrons. The summed E-state index contributed by atoms with van der Waals surface area (Å²) in [5.74, 6) is 1.44. The smallest absolute Gasteiger partial charge is 0.134 e. The number of nitrogens with zero attached hydrogens (tertiary/aromatic N) is 2. The second-order valence-electron chi connectivity index (χ2n) is 4.71. The quantitative estimate of drug-likeness (QED) is 0.836. The molecule has 1 unspecified atom stereocenters. The Hall–Kier alpha value is -1.36. The molecule has 0 saturated carbocycles. The summed E-state index contributed by atoms with van der Waals surface area (Å²) in [6.07, 6.45) is 7.30. The number of nitrogens with one attached hydrogen (secondary N) is 1. The minimum atomic E-state index is 0.296. The van der Waals surface area contributed by atoms with Crippen molar-refractivity contribution in [3.05, 3.63) is 11.9 Å². The summed E-state index contributed by atoms with van der Waals surface area (Å²) in [7, 11) is 0. The standard InChI is InChI=1S/C13H22N4O/c1-2-5-11-12(14)16-9-17-13(11)15-8-10-6-3-4-7-18-10/h9-10H,2-8H2,1H3,(H3,14,15,16,17). The fourth-order valence-corrected chi connectivity index (χ4v) is 2.25. The van der Waals surface area contributed by atoms with Crippen LogP contribution in [0.4, 0.5) is 11.6 Å². The molecule has 0 bridgehead atoms. The van der Waals surface area contributed by atoms with Crippen molar-refractivity contribution in [1.29, 1.82) is 0 Å². The lowest BCUT2D eigenvalue weighted by atomic mass is 10.1. The highest BCUT2D eigenvalue weighted by Gasteiger charge is 2.15. The molecule has 0 spiro atoms. The maximum absolute atomic E-state index is 5.89. The van der Waals surface area contributed by atoms with Gasteiger partial charge in [0.25, 0.3) is 0 Å². The van der Waals surface area contributed by atoms with E-state index in [9.17, 15) is 0 Å². The van der Waals surface area contributed by atoms with Gasteiger partial charge in [0.15, 0.2) is 0 Å². The topological polar surface area (TPSA) is 73.1 Å². The van der Waals surface area contributed by atoms with Gasteiger partial charge in [-0.2, -0.15) is 0 Å². The lowest BCUT2D eigenvalue weighted by molar-refractivity contribution is 0.0247. The summed E-state index contributed by atoms with van der Waals surface area (Å²) < 4.78 is 5.69. The van der Waals surface area contributed by atoms with Crippen molar-refractivity contribution in [2.24, 2.45) is 0 Å². The number of rotatable bonds is 5. The van der Waals surface area contributed by atoms with Crippen molar-refractivity contribution in [3.8, 4) is 0 Å². The normalized spacial score (nSPS) is 19.7. The van der Waals surface area contributed by atoms with Gasteiger partial charge < -0.3 is 15.8 Å². The number of hydrogen-bond acceptors (Lipinski definition) is 5. The molecule has 2 rings (SSSR count). The minimum Gasteiger partial charge on any atom is -0.383 e. The maximum Gasteiger partial charge on any atom is 0.134 e. The molecule has 1 aliphatic heterocycles. The molecular weight excluding hydrogens is 228 g/mol. The lowest BCUT2D eigenvalue weighted by Gasteiger charge is -2.23. The van der Waals surface area contributed by atoms with Crippen LogP contribution in [0.15, 0.2) is 6.33 Å². The Kier molecular flexibility index (Phi) is 4.75. The fourth-order valence-electron chi connectivity index (χ4n) is 2.25. The SMILES string of the molecule is CCCc1c(N)ncnc1NCC1CCCCO1. The zero-order valence-electron chi connectivity index (χ0n) is 11.0. The van der Waals surface area contributed by atoms with E-state index in [2.05, 4.69) is 22.2 Å². The molecule has 1 aromatic rings. The first-order valence-electron chi connectivity index (χ1n) is 6.76. The average molecular weight is 250 g/mol. The molecule has 5 heteroatoms. The first-order valence-corrected chi connectivity index (χ1v) is 6.76. The Bertz CT molecular complexity index is 377. The molecular formula is C13H22N4O. The number of nitrogens with two attached hydrogens (primary N) is 1. The van der Waals surface area contributed by atoms with E-state index in [1.807, 2.05) is 0 Å². The first-order chi connectivity index (χ1) is 8.81. The molecule has 2 heterocycles. The van der Waals surface area contributed by atoms with Gasteiger partial charge in [-0.05, 0) is 25.7 Å². The van der Waals surface area contributed by atoms with Crippen LogP contribution >= 0.6 is 0 Å². The maximum atomic E-state index is 5.89. The Balaban J connectivity index is 1.97. The second-order valence-corrected chi connectivity index (χ2v) is 4.71. The Morgan fingerprint density at radius 1 is 1.44 bits per heavy atom. The van der Waals surface area contributed by atoms with Crippen molar-refractivity contribution in [2.75, 3.05) is 24.2 Å². The van der Waals surface area contributed by atoms with Gasteiger partial charge in [-0.15, -0.1) is 0 Å². The molecule has 0 amide bonds. The van der Waals surface area contributed by atoms with E-state index in [1.165, 1.54) is 19.2 Å². The van der Waals surface area contributed by atoms with Crippen LogP contribution in [0.25, 0.3) is 0 Å². The molecule has 0 aliphatic carbocycles. The van der Waals surface area contributed by atoms with Crippen molar-refractivity contribution in [2.45, 2.75) is 45.1 Å². The van der Waals surface area contributed by atoms with Crippen LogP contribution in [-0.2, 0) is 11.2 Å². The first kappa shape index (κ1) is 13.1. The zero-order chi connectivity index (χ0) is 12.8. The third kappa shape index (κ3) is 3.32. The third-order valence-corrected chi connectivity index (χ3v) is 3.25. The van der Waals surface area contributed by atoms with Gasteiger partial charge in [0.2, 0.25) is 0 Å². The highest BCUT2D eigenvalue weighted by atomic mass is 16.5. The highest BCUT2D eigenvalue weighted by molar-refractivity contribution is 5.55. The molecule has 1 aliphatic rings. The molecule has 0 aromatic carbocycles. The molecule has 5 nitrogen and oxygen atoms in total. The largest absolute Gasteiger partial charge is 0.383 e. The Morgan fingerprint density at radius 2 is 2.33 bits per heavy atom. The van der Waals surface area contributed by atoms with E-state index in [-0.39, 0.29) is 0 Å². The van der Waals surface area contributed by atoms with Crippen LogP contribution in [0, 0.1) is 0 Å². The third-order valence-electron chi connectivity index (χ3n) is 3.25. The van der Waals surface area contributed by atoms with E-state index >= 15 is 0 Å². The van der Waals surface area contributed by atoms with Crippen LogP contribution in [0.2, 0.25) is 0 Å². The number of aromatic nitrogens is 2. The molecule has 1 saturated heterocycles. The Labute approximate surface area is 108 Å². The van der Waals surface area contributed by atoms with Crippen LogP contribution in [-0.4, -0.2) is 29.2 Å². The monoisotopic (exact) mass is 250 g/mol. The van der Waals surface area contributed by atoms with Gasteiger partial charge in [0.1, 0.15) is 18.0 Å². The van der Waals surface area contributed by atoms with E-state index < -0.39 is 0 Å². The minimum absolute atomic E-state index is 0.296. The van der Waals surface area contributed by atoms with E-state index in [0.717, 1.165) is 43.8 Å². The number of anilines is 2. The molecule has 1 atom stereocenters. The van der Waals surface area contributed by atoms with Crippen LogP contribution in [0.1, 0.15) is 38.2 Å². The number of nitrogen functional groups attached to an aromatic ring is 1. The average Bonchev–Trinajstić information content (AvgIpc) is 2.41. The Morgan fingerprint density at radius 3 is 3.06 bits per heavy atom. The summed E-state index contributed by atoms with van der Waals surface area (Å²) in [6, 6.07) is 0. The van der Waals surface area contributed by atoms with Crippen molar-refractivity contribution >= 4 is 11.6 Å². The van der Waals surface area contributed by atoms with Gasteiger partial charge in [0.05, 0.1) is 6.10 Å². The van der Waals surface area contributed by atoms with Gasteiger partial charge in [-0.1, -0.05) is 13.3 Å². The van der Waals surface area contributed by atoms with E-state index in [1.54, 1.807) is 0 Å². The summed E-state index contributed by atoms with van der Waals surface area (Å²) in [6.45, 7) is 3.80. The number of ether oxygens (including phenoxy) is 1. The van der Waals surface area contributed by atoms with Crippen LogP contribution in [0.3, 0.4) is 0 Å². The van der Waals surface area contributed by atoms with Gasteiger partial charge in [-0.3, -0.25) is 0 Å². The van der Waals surface area contributed by atoms with Crippen molar-refractivity contribution in [3.63, 3.8) is 0 Å². The molecule has 1 fully saturated rings. The summed E-state index contributed by atoms with van der Waals surface area (Å²) in [4.78, 5) is 8.33. The van der Waals surface area contributed by atoms with Gasteiger partial charge in [0, 0.05) is 18.7 Å². The molecule has 3 N–H and O–H groups in total. The van der Waals surface area contributed by atoms with Crippen LogP contribution < -0.4 is 11.1 Å². The second kappa shape index (κ2) is 6.54. The zero-order valence-corrected chi connectivity index (χ0v) is 11.0. The van der Waals surface area contributed by atoms with Crippen LogP contribution in [0.5, 0.6) is 0 Å². The summed E-state index contributed by atoms with van der Waals surface area (Å²) in [5.41, 5.74) is 6.92. The predicted octanol–water partition coefficient (Wildman–Crippen LogP) is 1.99. The molecule has 1 aromatic heterocycles. The number of hydrogen-bond donors (Lipinski definition) is 2. The van der Waals surface area contributed by atoms with E-state index in [0.29, 0.717) is 11.9 Å². The summed E-state index contributed by atoms with van der Waals surface area (Å²) >= 11 is 0. The highest BCUT2D eigenvalue weighted by Crippen LogP contribution is 2.20. The van der Waals surface area contributed by atoms with Gasteiger partial charge in [-0.25, -0.2) is 9.97 Å². The fraction of sp³-hybridized carbons (Fsp3) is 0.692. The lowest BCUT2D eigenvalue weighted by Crippen LogP contribution is -2.27. The van der Waals surface area contributed by atoms with Crippen molar-refractivity contribution < 1.29 is 4.74 Å². The van der Waals surface area contributed by atoms with E-state index in [4.69, 9.17) is 10.5 Å². The molecule has 18 heavy (non-hydrogen) atoms. The van der Waals surface area contributed by atoms with Crippen molar-refractivity contribution in [1.82, 2.24) is 9.97 Å². The summed E-state index contributed by atoms with van der Waals surface area (Å²) in [5, 5.41) is 3.35. The predicted molar refractivity (Wildman–Crippen MR) is 72.5 cm³/mol. The molecule has 100 valence electrons.